The van der Waals surface area contributed by atoms with Crippen LogP contribution in [0.15, 0.2) is 18.2 Å². The molecule has 0 spiro atoms. The predicted molar refractivity (Wildman–Crippen MR) is 90.2 cm³/mol. The molecule has 1 fully saturated rings. The molecule has 1 atom stereocenters. The van der Waals surface area contributed by atoms with Gasteiger partial charge in [-0.15, -0.1) is 12.4 Å². The third kappa shape index (κ3) is 4.42. The minimum absolute atomic E-state index is 0. The van der Waals surface area contributed by atoms with Gasteiger partial charge in [-0.05, 0) is 30.0 Å². The van der Waals surface area contributed by atoms with Crippen LogP contribution in [-0.4, -0.2) is 35.8 Å². The molecule has 1 aliphatic heterocycles. The average molecular weight is 344 g/mol. The van der Waals surface area contributed by atoms with E-state index >= 15 is 0 Å². The third-order valence-electron chi connectivity index (χ3n) is 4.12. The highest BCUT2D eigenvalue weighted by Crippen LogP contribution is 2.29. The molecule has 3 N–H and O–H groups in total. The van der Waals surface area contributed by atoms with E-state index in [1.807, 2.05) is 13.8 Å². The van der Waals surface area contributed by atoms with E-state index in [9.17, 15) is 14.0 Å². The third-order valence-corrected chi connectivity index (χ3v) is 4.12. The van der Waals surface area contributed by atoms with Gasteiger partial charge in [0.1, 0.15) is 5.82 Å². The number of piperidine rings is 1. The van der Waals surface area contributed by atoms with Crippen molar-refractivity contribution in [3.8, 4) is 0 Å². The number of benzene rings is 1. The van der Waals surface area contributed by atoms with Crippen molar-refractivity contribution in [3.05, 3.63) is 29.6 Å². The summed E-state index contributed by atoms with van der Waals surface area (Å²) in [6.45, 7) is 6.49. The van der Waals surface area contributed by atoms with Gasteiger partial charge in [0.05, 0.1) is 5.69 Å². The Morgan fingerprint density at radius 1 is 1.39 bits per heavy atom. The molecule has 1 aromatic rings. The molecule has 1 aliphatic rings. The molecule has 1 heterocycles. The molecule has 7 heteroatoms. The van der Waals surface area contributed by atoms with Gasteiger partial charge in [-0.3, -0.25) is 9.59 Å². The average Bonchev–Trinajstić information content (AvgIpc) is 2.43. The summed E-state index contributed by atoms with van der Waals surface area (Å²) in [5.41, 5.74) is 6.30. The monoisotopic (exact) mass is 343 g/mol. The minimum atomic E-state index is -0.562. The summed E-state index contributed by atoms with van der Waals surface area (Å²) < 4.78 is 13.7. The molecule has 0 bridgehead atoms. The molecule has 5 nitrogen and oxygen atoms in total. The van der Waals surface area contributed by atoms with Crippen LogP contribution in [0.2, 0.25) is 0 Å². The molecule has 1 unspecified atom stereocenters. The number of hydrogen-bond acceptors (Lipinski definition) is 3. The Kier molecular flexibility index (Phi) is 6.13. The summed E-state index contributed by atoms with van der Waals surface area (Å²) in [5.74, 6) is -1.12. The quantitative estimate of drug-likeness (QED) is 0.865. The van der Waals surface area contributed by atoms with Crippen molar-refractivity contribution in [1.29, 1.82) is 0 Å². The number of amides is 2. The number of nitrogens with two attached hydrogens (primary N) is 1. The van der Waals surface area contributed by atoms with Crippen LogP contribution in [0.5, 0.6) is 0 Å². The van der Waals surface area contributed by atoms with Gasteiger partial charge in [0.15, 0.2) is 0 Å². The maximum absolute atomic E-state index is 13.7. The second-order valence-electron chi connectivity index (χ2n) is 6.49. The largest absolute Gasteiger partial charge is 0.338 e. The maximum atomic E-state index is 13.7. The van der Waals surface area contributed by atoms with Crippen LogP contribution in [0.3, 0.4) is 0 Å². The van der Waals surface area contributed by atoms with Crippen LogP contribution in [0.25, 0.3) is 0 Å². The van der Waals surface area contributed by atoms with Gasteiger partial charge in [-0.25, -0.2) is 4.39 Å². The molecule has 2 amide bonds. The van der Waals surface area contributed by atoms with Crippen molar-refractivity contribution in [1.82, 2.24) is 4.90 Å². The molecular weight excluding hydrogens is 321 g/mol. The van der Waals surface area contributed by atoms with Gasteiger partial charge < -0.3 is 16.0 Å². The van der Waals surface area contributed by atoms with Crippen molar-refractivity contribution in [2.45, 2.75) is 33.2 Å². The van der Waals surface area contributed by atoms with E-state index in [0.717, 1.165) is 6.42 Å². The smallest absolute Gasteiger partial charge is 0.253 e. The number of carbonyl (C=O) groups is 2. The molecule has 1 aromatic carbocycles. The first-order valence-corrected chi connectivity index (χ1v) is 7.33. The van der Waals surface area contributed by atoms with E-state index in [-0.39, 0.29) is 41.4 Å². The van der Waals surface area contributed by atoms with Gasteiger partial charge >= 0.3 is 0 Å². The van der Waals surface area contributed by atoms with Gasteiger partial charge in [0.25, 0.3) is 5.91 Å². The fraction of sp³-hybridized carbons (Fsp3) is 0.500. The fourth-order valence-electron chi connectivity index (χ4n) is 2.67. The van der Waals surface area contributed by atoms with Crippen molar-refractivity contribution < 1.29 is 14.0 Å². The topological polar surface area (TPSA) is 75.4 Å². The Bertz CT molecular complexity index is 607. The summed E-state index contributed by atoms with van der Waals surface area (Å²) in [4.78, 5) is 25.4. The molecule has 128 valence electrons. The number of likely N-dealkylation sites (tertiary alicyclic amines) is 1. The van der Waals surface area contributed by atoms with Crippen molar-refractivity contribution in [3.63, 3.8) is 0 Å². The summed E-state index contributed by atoms with van der Waals surface area (Å²) in [5, 5.41) is 2.39. The summed E-state index contributed by atoms with van der Waals surface area (Å²) in [6.07, 6.45) is 0.735. The number of anilines is 1. The maximum Gasteiger partial charge on any atom is 0.253 e. The van der Waals surface area contributed by atoms with Crippen LogP contribution in [0.4, 0.5) is 10.1 Å². The number of carbonyl (C=O) groups excluding carboxylic acids is 2. The van der Waals surface area contributed by atoms with Gasteiger partial charge in [0, 0.05) is 31.6 Å². The standard InChI is InChI=1S/C16H22FN3O2.ClH/c1-10(21)19-13-8-11(4-5-12(13)17)15(22)20-7-6-14(18)16(2,3)9-20;/h4-5,8,14H,6-7,9,18H2,1-3H3,(H,19,21);1H. The summed E-state index contributed by atoms with van der Waals surface area (Å²) >= 11 is 0. The van der Waals surface area contributed by atoms with Crippen molar-refractivity contribution >= 4 is 29.9 Å². The zero-order chi connectivity index (χ0) is 16.5. The molecule has 0 aromatic heterocycles. The van der Waals surface area contributed by atoms with Crippen LogP contribution in [0, 0.1) is 11.2 Å². The first-order chi connectivity index (χ1) is 10.2. The van der Waals surface area contributed by atoms with Crippen LogP contribution < -0.4 is 11.1 Å². The Balaban J connectivity index is 0.00000264. The highest BCUT2D eigenvalue weighted by molar-refractivity contribution is 5.97. The lowest BCUT2D eigenvalue weighted by Gasteiger charge is -2.42. The molecular formula is C16H23ClFN3O2. The number of nitrogens with one attached hydrogen (secondary N) is 1. The van der Waals surface area contributed by atoms with Crippen LogP contribution in [-0.2, 0) is 4.79 Å². The lowest BCUT2D eigenvalue weighted by Crippen LogP contribution is -2.54. The number of hydrogen-bond donors (Lipinski definition) is 2. The number of nitrogens with zero attached hydrogens (tertiary/aromatic N) is 1. The lowest BCUT2D eigenvalue weighted by atomic mass is 9.79. The van der Waals surface area contributed by atoms with Crippen LogP contribution in [0.1, 0.15) is 37.6 Å². The molecule has 2 rings (SSSR count). The number of halogens is 2. The molecule has 0 saturated carbocycles. The highest BCUT2D eigenvalue weighted by Gasteiger charge is 2.35. The first-order valence-electron chi connectivity index (χ1n) is 7.33. The van der Waals surface area contributed by atoms with Gasteiger partial charge in [-0.2, -0.15) is 0 Å². The minimum Gasteiger partial charge on any atom is -0.338 e. The van der Waals surface area contributed by atoms with E-state index < -0.39 is 5.82 Å². The van der Waals surface area contributed by atoms with E-state index in [2.05, 4.69) is 5.32 Å². The Labute approximate surface area is 141 Å². The van der Waals surface area contributed by atoms with Gasteiger partial charge in [0.2, 0.25) is 5.91 Å². The molecule has 0 aliphatic carbocycles. The van der Waals surface area contributed by atoms with Crippen LogP contribution >= 0.6 is 12.4 Å². The molecule has 0 radical (unpaired) electrons. The second kappa shape index (κ2) is 7.27. The van der Waals surface area contributed by atoms with Crippen molar-refractivity contribution in [2.75, 3.05) is 18.4 Å². The predicted octanol–water partition coefficient (Wildman–Crippen LogP) is 2.41. The molecule has 23 heavy (non-hydrogen) atoms. The second-order valence-corrected chi connectivity index (χ2v) is 6.49. The van der Waals surface area contributed by atoms with Gasteiger partial charge in [-0.1, -0.05) is 13.8 Å². The normalized spacial score (nSPS) is 19.7. The Morgan fingerprint density at radius 3 is 2.61 bits per heavy atom. The lowest BCUT2D eigenvalue weighted by molar-refractivity contribution is -0.114. The first kappa shape index (κ1) is 19.4. The van der Waals surface area contributed by atoms with Crippen molar-refractivity contribution in [2.24, 2.45) is 11.1 Å². The van der Waals surface area contributed by atoms with E-state index in [0.29, 0.717) is 18.7 Å². The summed E-state index contributed by atoms with van der Waals surface area (Å²) in [6, 6.07) is 4.06. The zero-order valence-corrected chi connectivity index (χ0v) is 14.4. The fourth-order valence-corrected chi connectivity index (χ4v) is 2.67. The molecule has 1 saturated heterocycles. The highest BCUT2D eigenvalue weighted by atomic mass is 35.5. The Morgan fingerprint density at radius 2 is 2.04 bits per heavy atom. The Hall–Kier alpha value is -1.66. The number of rotatable bonds is 2. The SMILES string of the molecule is CC(=O)Nc1cc(C(=O)N2CCC(N)C(C)(C)C2)ccc1F.Cl. The van der Waals surface area contributed by atoms with E-state index in [4.69, 9.17) is 5.73 Å². The zero-order valence-electron chi connectivity index (χ0n) is 13.6. The summed E-state index contributed by atoms with van der Waals surface area (Å²) in [7, 11) is 0. The van der Waals surface area contributed by atoms with E-state index in [1.165, 1.54) is 25.1 Å². The van der Waals surface area contributed by atoms with E-state index in [1.54, 1.807) is 4.90 Å².